The van der Waals surface area contributed by atoms with Crippen LogP contribution in [0.5, 0.6) is 0 Å². The standard InChI is InChI=1S/C19H21Cl2NOS2/c1-14-3-2-4-15(9-14)12-25-13-19(23)22-7-8-24-11-16-5-6-17(20)18(21)10-16/h2-6,9-10H,7-8,11-13H2,1H3,(H,22,23). The van der Waals surface area contributed by atoms with E-state index in [1.54, 1.807) is 23.5 Å². The van der Waals surface area contributed by atoms with Crippen molar-refractivity contribution >= 4 is 52.6 Å². The fourth-order valence-electron chi connectivity index (χ4n) is 2.20. The molecule has 0 aliphatic rings. The minimum atomic E-state index is 0.0905. The zero-order valence-electron chi connectivity index (χ0n) is 14.1. The molecule has 0 aliphatic carbocycles. The maximum absolute atomic E-state index is 11.8. The highest BCUT2D eigenvalue weighted by atomic mass is 35.5. The minimum Gasteiger partial charge on any atom is -0.355 e. The van der Waals surface area contributed by atoms with Gasteiger partial charge in [0, 0.05) is 23.8 Å². The summed E-state index contributed by atoms with van der Waals surface area (Å²) in [5.41, 5.74) is 3.65. The van der Waals surface area contributed by atoms with Gasteiger partial charge < -0.3 is 5.32 Å². The van der Waals surface area contributed by atoms with E-state index < -0.39 is 0 Å². The molecule has 0 spiro atoms. The van der Waals surface area contributed by atoms with Gasteiger partial charge in [-0.15, -0.1) is 11.8 Å². The molecule has 0 saturated heterocycles. The zero-order valence-corrected chi connectivity index (χ0v) is 17.2. The van der Waals surface area contributed by atoms with Gasteiger partial charge in [0.2, 0.25) is 5.91 Å². The van der Waals surface area contributed by atoms with Crippen molar-refractivity contribution in [1.29, 1.82) is 0 Å². The lowest BCUT2D eigenvalue weighted by molar-refractivity contribution is -0.118. The number of benzene rings is 2. The lowest BCUT2D eigenvalue weighted by Gasteiger charge is -2.06. The number of carbonyl (C=O) groups excluding carboxylic acids is 1. The Balaban J connectivity index is 1.55. The molecule has 0 atom stereocenters. The Morgan fingerprint density at radius 3 is 2.52 bits per heavy atom. The summed E-state index contributed by atoms with van der Waals surface area (Å²) in [4.78, 5) is 11.8. The van der Waals surface area contributed by atoms with Gasteiger partial charge in [-0.1, -0.05) is 59.1 Å². The van der Waals surface area contributed by atoms with E-state index >= 15 is 0 Å². The highest BCUT2D eigenvalue weighted by Gasteiger charge is 2.03. The van der Waals surface area contributed by atoms with E-state index in [9.17, 15) is 4.79 Å². The molecule has 0 heterocycles. The monoisotopic (exact) mass is 413 g/mol. The number of hydrogen-bond acceptors (Lipinski definition) is 3. The van der Waals surface area contributed by atoms with Gasteiger partial charge in [-0.3, -0.25) is 4.79 Å². The Hall–Kier alpha value is -0.810. The molecule has 0 radical (unpaired) electrons. The van der Waals surface area contributed by atoms with Crippen LogP contribution in [0.4, 0.5) is 0 Å². The summed E-state index contributed by atoms with van der Waals surface area (Å²) in [6.45, 7) is 2.76. The highest BCUT2D eigenvalue weighted by molar-refractivity contribution is 7.99. The Bertz CT molecular complexity index is 710. The molecule has 25 heavy (non-hydrogen) atoms. The molecular weight excluding hydrogens is 393 g/mol. The topological polar surface area (TPSA) is 29.1 Å². The van der Waals surface area contributed by atoms with Gasteiger partial charge >= 0.3 is 0 Å². The molecule has 1 amide bonds. The number of nitrogens with one attached hydrogen (secondary N) is 1. The molecule has 0 bridgehead atoms. The average Bonchev–Trinajstić information content (AvgIpc) is 2.58. The van der Waals surface area contributed by atoms with Crippen molar-refractivity contribution in [2.75, 3.05) is 18.1 Å². The smallest absolute Gasteiger partial charge is 0.230 e. The summed E-state index contributed by atoms with van der Waals surface area (Å²) in [5, 5.41) is 4.12. The second kappa shape index (κ2) is 11.0. The Kier molecular flexibility index (Phi) is 9.04. The van der Waals surface area contributed by atoms with E-state index in [1.807, 2.05) is 18.2 Å². The molecule has 2 rings (SSSR count). The largest absolute Gasteiger partial charge is 0.355 e. The van der Waals surface area contributed by atoms with Crippen LogP contribution < -0.4 is 5.32 Å². The first-order valence-electron chi connectivity index (χ1n) is 7.96. The normalized spacial score (nSPS) is 10.7. The first-order valence-corrected chi connectivity index (χ1v) is 11.0. The van der Waals surface area contributed by atoms with Crippen molar-refractivity contribution in [3.63, 3.8) is 0 Å². The minimum absolute atomic E-state index is 0.0905. The zero-order chi connectivity index (χ0) is 18.1. The van der Waals surface area contributed by atoms with Gasteiger partial charge in [-0.2, -0.15) is 11.8 Å². The molecule has 0 fully saturated rings. The van der Waals surface area contributed by atoms with E-state index in [0.29, 0.717) is 22.3 Å². The second-order valence-electron chi connectivity index (χ2n) is 5.63. The molecule has 0 aromatic heterocycles. The van der Waals surface area contributed by atoms with Crippen LogP contribution in [0.15, 0.2) is 42.5 Å². The van der Waals surface area contributed by atoms with Crippen LogP contribution in [0.25, 0.3) is 0 Å². The Morgan fingerprint density at radius 2 is 1.76 bits per heavy atom. The average molecular weight is 414 g/mol. The van der Waals surface area contributed by atoms with Gasteiger partial charge in [0.05, 0.1) is 15.8 Å². The number of amides is 1. The van der Waals surface area contributed by atoms with Gasteiger partial charge in [0.15, 0.2) is 0 Å². The van der Waals surface area contributed by atoms with Crippen LogP contribution in [0.2, 0.25) is 10.0 Å². The lowest BCUT2D eigenvalue weighted by atomic mass is 10.2. The number of rotatable bonds is 9. The molecule has 0 unspecified atom stereocenters. The van der Waals surface area contributed by atoms with Crippen molar-refractivity contribution < 1.29 is 4.79 Å². The molecule has 0 aliphatic heterocycles. The SMILES string of the molecule is Cc1cccc(CSCC(=O)NCCSCc2ccc(Cl)c(Cl)c2)c1. The van der Waals surface area contributed by atoms with E-state index in [1.165, 1.54) is 11.1 Å². The quantitative estimate of drug-likeness (QED) is 0.543. The number of aryl methyl sites for hydroxylation is 1. The first-order chi connectivity index (χ1) is 12.0. The van der Waals surface area contributed by atoms with Crippen LogP contribution in [0.3, 0.4) is 0 Å². The van der Waals surface area contributed by atoms with Crippen molar-refractivity contribution in [2.45, 2.75) is 18.4 Å². The van der Waals surface area contributed by atoms with Crippen LogP contribution in [0.1, 0.15) is 16.7 Å². The summed E-state index contributed by atoms with van der Waals surface area (Å²) in [5.74, 6) is 3.17. The van der Waals surface area contributed by atoms with Crippen LogP contribution in [0, 0.1) is 6.92 Å². The highest BCUT2D eigenvalue weighted by Crippen LogP contribution is 2.24. The van der Waals surface area contributed by atoms with Gasteiger partial charge in [-0.05, 0) is 30.2 Å². The van der Waals surface area contributed by atoms with Crippen molar-refractivity contribution in [3.05, 3.63) is 69.2 Å². The molecule has 2 aromatic carbocycles. The van der Waals surface area contributed by atoms with Crippen molar-refractivity contribution in [3.8, 4) is 0 Å². The van der Waals surface area contributed by atoms with Crippen LogP contribution in [-0.2, 0) is 16.3 Å². The van der Waals surface area contributed by atoms with E-state index in [-0.39, 0.29) is 5.91 Å². The summed E-state index contributed by atoms with van der Waals surface area (Å²) in [6, 6.07) is 14.1. The molecule has 2 nitrogen and oxygen atoms in total. The van der Waals surface area contributed by atoms with Crippen molar-refractivity contribution in [2.24, 2.45) is 0 Å². The summed E-state index contributed by atoms with van der Waals surface area (Å²) in [7, 11) is 0. The first kappa shape index (κ1) is 20.5. The molecule has 1 N–H and O–H groups in total. The van der Waals surface area contributed by atoms with E-state index in [2.05, 4.69) is 36.5 Å². The predicted molar refractivity (Wildman–Crippen MR) is 113 cm³/mol. The second-order valence-corrected chi connectivity index (χ2v) is 8.54. The number of hydrogen-bond donors (Lipinski definition) is 1. The lowest BCUT2D eigenvalue weighted by Crippen LogP contribution is -2.27. The van der Waals surface area contributed by atoms with E-state index in [4.69, 9.17) is 23.2 Å². The predicted octanol–water partition coefficient (Wildman–Crippen LogP) is 5.58. The third-order valence-electron chi connectivity index (χ3n) is 3.41. The molecule has 0 saturated carbocycles. The van der Waals surface area contributed by atoms with Crippen LogP contribution in [-0.4, -0.2) is 24.0 Å². The molecular formula is C19H21Cl2NOS2. The molecule has 2 aromatic rings. The summed E-state index contributed by atoms with van der Waals surface area (Å²) < 4.78 is 0. The summed E-state index contributed by atoms with van der Waals surface area (Å²) in [6.07, 6.45) is 0. The Labute approximate surface area is 168 Å². The summed E-state index contributed by atoms with van der Waals surface area (Å²) >= 11 is 15.3. The Morgan fingerprint density at radius 1 is 1.00 bits per heavy atom. The number of halogens is 2. The molecule has 6 heteroatoms. The third-order valence-corrected chi connectivity index (χ3v) is 6.18. The van der Waals surface area contributed by atoms with Gasteiger partial charge in [-0.25, -0.2) is 0 Å². The van der Waals surface area contributed by atoms with E-state index in [0.717, 1.165) is 22.8 Å². The molecule has 134 valence electrons. The number of thioether (sulfide) groups is 2. The van der Waals surface area contributed by atoms with Crippen molar-refractivity contribution in [1.82, 2.24) is 5.32 Å². The fraction of sp³-hybridized carbons (Fsp3) is 0.316. The number of carbonyl (C=O) groups is 1. The van der Waals surface area contributed by atoms with Crippen LogP contribution >= 0.6 is 46.7 Å². The van der Waals surface area contributed by atoms with Gasteiger partial charge in [0.25, 0.3) is 0 Å². The maximum atomic E-state index is 11.8. The maximum Gasteiger partial charge on any atom is 0.230 e. The fourth-order valence-corrected chi connectivity index (χ4v) is 4.13. The third kappa shape index (κ3) is 7.95. The van der Waals surface area contributed by atoms with Gasteiger partial charge in [0.1, 0.15) is 0 Å².